The van der Waals surface area contributed by atoms with E-state index in [1.807, 2.05) is 6.92 Å². The van der Waals surface area contributed by atoms with Crippen LogP contribution in [0, 0.1) is 0 Å². The molecule has 0 aromatic heterocycles. The number of esters is 1. The van der Waals surface area contributed by atoms with Crippen molar-refractivity contribution < 1.29 is 14.3 Å². The summed E-state index contributed by atoms with van der Waals surface area (Å²) in [6.07, 6.45) is 0.299. The summed E-state index contributed by atoms with van der Waals surface area (Å²) in [5, 5.41) is 5.49. The molecule has 0 fully saturated rings. The molecule has 5 nitrogen and oxygen atoms in total. The number of nitrogens with one attached hydrogen (secondary N) is 2. The fourth-order valence-electron chi connectivity index (χ4n) is 0.885. The molecule has 0 aliphatic carbocycles. The Bertz CT molecular complexity index is 163. The van der Waals surface area contributed by atoms with Crippen LogP contribution in [0.3, 0.4) is 0 Å². The standard InChI is InChI=1S/C9H18N2O3/c1-3-11-8(12)7-10-6-5-9(13)14-4-2/h10H,3-7H2,1-2H3,(H,11,12). The Morgan fingerprint density at radius 1 is 1.29 bits per heavy atom. The minimum atomic E-state index is -0.240. The summed E-state index contributed by atoms with van der Waals surface area (Å²) < 4.78 is 4.72. The fraction of sp³-hybridized carbons (Fsp3) is 0.778. The SMILES string of the molecule is CCNC(=O)CNCCC(=O)OCC. The van der Waals surface area contributed by atoms with Crippen molar-refractivity contribution >= 4 is 11.9 Å². The van der Waals surface area contributed by atoms with Crippen LogP contribution >= 0.6 is 0 Å². The van der Waals surface area contributed by atoms with Gasteiger partial charge in [0.15, 0.2) is 0 Å². The predicted molar refractivity (Wildman–Crippen MR) is 52.8 cm³/mol. The van der Waals surface area contributed by atoms with Crippen LogP contribution in [0.5, 0.6) is 0 Å². The van der Waals surface area contributed by atoms with Gasteiger partial charge in [-0.1, -0.05) is 0 Å². The van der Waals surface area contributed by atoms with Crippen LogP contribution < -0.4 is 10.6 Å². The van der Waals surface area contributed by atoms with E-state index < -0.39 is 0 Å². The Balaban J connectivity index is 3.28. The highest BCUT2D eigenvalue weighted by atomic mass is 16.5. The van der Waals surface area contributed by atoms with Crippen molar-refractivity contribution in [1.29, 1.82) is 0 Å². The van der Waals surface area contributed by atoms with E-state index in [2.05, 4.69) is 10.6 Å². The molecule has 0 rings (SSSR count). The number of ether oxygens (including phenoxy) is 1. The smallest absolute Gasteiger partial charge is 0.307 e. The molecule has 0 aromatic carbocycles. The van der Waals surface area contributed by atoms with E-state index >= 15 is 0 Å². The summed E-state index contributed by atoms with van der Waals surface area (Å²) in [6.45, 7) is 5.35. The third-order valence-corrected chi connectivity index (χ3v) is 1.47. The normalized spacial score (nSPS) is 9.57. The molecule has 0 saturated carbocycles. The molecule has 82 valence electrons. The van der Waals surface area contributed by atoms with Crippen LogP contribution in [-0.2, 0) is 14.3 Å². The molecule has 0 radical (unpaired) electrons. The Morgan fingerprint density at radius 3 is 2.57 bits per heavy atom. The third-order valence-electron chi connectivity index (χ3n) is 1.47. The first-order valence-corrected chi connectivity index (χ1v) is 4.83. The number of rotatable bonds is 7. The second-order valence-electron chi connectivity index (χ2n) is 2.69. The Labute approximate surface area is 84.2 Å². The molecule has 1 amide bonds. The van der Waals surface area contributed by atoms with Crippen molar-refractivity contribution in [2.75, 3.05) is 26.2 Å². The van der Waals surface area contributed by atoms with Gasteiger partial charge in [-0.25, -0.2) is 0 Å². The van der Waals surface area contributed by atoms with Gasteiger partial charge in [0.2, 0.25) is 5.91 Å². The van der Waals surface area contributed by atoms with Crippen LogP contribution in [0.1, 0.15) is 20.3 Å². The van der Waals surface area contributed by atoms with E-state index in [0.717, 1.165) is 0 Å². The topological polar surface area (TPSA) is 67.4 Å². The van der Waals surface area contributed by atoms with Gasteiger partial charge in [-0.15, -0.1) is 0 Å². The number of likely N-dealkylation sites (N-methyl/N-ethyl adjacent to an activating group) is 1. The monoisotopic (exact) mass is 202 g/mol. The number of hydrogen-bond donors (Lipinski definition) is 2. The minimum absolute atomic E-state index is 0.0589. The van der Waals surface area contributed by atoms with E-state index in [1.54, 1.807) is 6.92 Å². The molecule has 0 unspecified atom stereocenters. The summed E-state index contributed by atoms with van der Waals surface area (Å²) in [5.74, 6) is -0.299. The molecule has 14 heavy (non-hydrogen) atoms. The second kappa shape index (κ2) is 8.50. The van der Waals surface area contributed by atoms with Crippen LogP contribution in [0.15, 0.2) is 0 Å². The first-order valence-electron chi connectivity index (χ1n) is 4.83. The summed E-state index contributed by atoms with van der Waals surface area (Å²) in [5.41, 5.74) is 0. The molecule has 0 atom stereocenters. The lowest BCUT2D eigenvalue weighted by molar-refractivity contribution is -0.143. The second-order valence-corrected chi connectivity index (χ2v) is 2.69. The molecule has 0 aliphatic heterocycles. The van der Waals surface area contributed by atoms with Gasteiger partial charge in [0, 0.05) is 13.1 Å². The molecule has 0 aromatic rings. The lowest BCUT2D eigenvalue weighted by Gasteiger charge is -2.04. The average Bonchev–Trinajstić information content (AvgIpc) is 2.13. The quantitative estimate of drug-likeness (QED) is 0.438. The highest BCUT2D eigenvalue weighted by Gasteiger charge is 2.02. The largest absolute Gasteiger partial charge is 0.466 e. The number of carbonyl (C=O) groups excluding carboxylic acids is 2. The van der Waals surface area contributed by atoms with Crippen molar-refractivity contribution in [2.24, 2.45) is 0 Å². The van der Waals surface area contributed by atoms with Crippen LogP contribution in [0.4, 0.5) is 0 Å². The zero-order valence-electron chi connectivity index (χ0n) is 8.76. The minimum Gasteiger partial charge on any atom is -0.466 e. The van der Waals surface area contributed by atoms with E-state index in [4.69, 9.17) is 4.74 Å². The van der Waals surface area contributed by atoms with E-state index in [0.29, 0.717) is 26.1 Å². The van der Waals surface area contributed by atoms with Crippen molar-refractivity contribution in [3.8, 4) is 0 Å². The lowest BCUT2D eigenvalue weighted by atomic mass is 10.4. The van der Waals surface area contributed by atoms with Gasteiger partial charge in [-0.3, -0.25) is 9.59 Å². The lowest BCUT2D eigenvalue weighted by Crippen LogP contribution is -2.34. The molecule has 0 aliphatic rings. The van der Waals surface area contributed by atoms with Crippen LogP contribution in [0.25, 0.3) is 0 Å². The van der Waals surface area contributed by atoms with Crippen LogP contribution in [0.2, 0.25) is 0 Å². The molecule has 0 bridgehead atoms. The molecule has 5 heteroatoms. The highest BCUT2D eigenvalue weighted by Crippen LogP contribution is 1.83. The number of amides is 1. The number of hydrogen-bond acceptors (Lipinski definition) is 4. The summed E-state index contributed by atoms with van der Waals surface area (Å²) >= 11 is 0. The molecular weight excluding hydrogens is 184 g/mol. The summed E-state index contributed by atoms with van der Waals surface area (Å²) in [6, 6.07) is 0. The van der Waals surface area contributed by atoms with Crippen molar-refractivity contribution in [1.82, 2.24) is 10.6 Å². The molecular formula is C9H18N2O3. The predicted octanol–water partition coefficient (Wildman–Crippen LogP) is -0.335. The first kappa shape index (κ1) is 12.9. The molecule has 0 heterocycles. The van der Waals surface area contributed by atoms with Gasteiger partial charge >= 0.3 is 5.97 Å². The van der Waals surface area contributed by atoms with Crippen molar-refractivity contribution in [3.63, 3.8) is 0 Å². The Morgan fingerprint density at radius 2 is 2.00 bits per heavy atom. The Kier molecular flexibility index (Phi) is 7.83. The van der Waals surface area contributed by atoms with E-state index in [-0.39, 0.29) is 18.4 Å². The van der Waals surface area contributed by atoms with Gasteiger partial charge in [0.05, 0.1) is 19.6 Å². The summed E-state index contributed by atoms with van der Waals surface area (Å²) in [4.78, 5) is 21.8. The maximum Gasteiger partial charge on any atom is 0.307 e. The van der Waals surface area contributed by atoms with Crippen LogP contribution in [-0.4, -0.2) is 38.1 Å². The van der Waals surface area contributed by atoms with Gasteiger partial charge < -0.3 is 15.4 Å². The average molecular weight is 202 g/mol. The zero-order chi connectivity index (χ0) is 10.8. The van der Waals surface area contributed by atoms with Gasteiger partial charge in [0.1, 0.15) is 0 Å². The zero-order valence-corrected chi connectivity index (χ0v) is 8.76. The summed E-state index contributed by atoms with van der Waals surface area (Å²) in [7, 11) is 0. The maximum absolute atomic E-state index is 10.9. The van der Waals surface area contributed by atoms with Crippen molar-refractivity contribution in [2.45, 2.75) is 20.3 Å². The van der Waals surface area contributed by atoms with Gasteiger partial charge in [-0.2, -0.15) is 0 Å². The fourth-order valence-corrected chi connectivity index (χ4v) is 0.885. The van der Waals surface area contributed by atoms with Gasteiger partial charge in [0.25, 0.3) is 0 Å². The van der Waals surface area contributed by atoms with E-state index in [1.165, 1.54) is 0 Å². The van der Waals surface area contributed by atoms with E-state index in [9.17, 15) is 9.59 Å². The van der Waals surface area contributed by atoms with Gasteiger partial charge in [-0.05, 0) is 13.8 Å². The highest BCUT2D eigenvalue weighted by molar-refractivity contribution is 5.78. The number of carbonyl (C=O) groups is 2. The molecule has 0 spiro atoms. The maximum atomic E-state index is 10.9. The molecule has 0 saturated heterocycles. The Hall–Kier alpha value is -1.10. The third kappa shape index (κ3) is 7.54. The van der Waals surface area contributed by atoms with Crippen molar-refractivity contribution in [3.05, 3.63) is 0 Å². The first-order chi connectivity index (χ1) is 6.70. The molecule has 2 N–H and O–H groups in total.